The molecule has 2 rings (SSSR count). The van der Waals surface area contributed by atoms with E-state index >= 15 is 0 Å². The highest BCUT2D eigenvalue weighted by Gasteiger charge is 2.30. The first-order valence-electron chi connectivity index (χ1n) is 7.32. The maximum absolute atomic E-state index is 12.2. The number of anilines is 1. The monoisotopic (exact) mass is 342 g/mol. The fourth-order valence-electron chi connectivity index (χ4n) is 2.46. The normalized spacial score (nSPS) is 21.1. The minimum atomic E-state index is -0.609. The lowest BCUT2D eigenvalue weighted by atomic mass is 10.1. The predicted molar refractivity (Wildman–Crippen MR) is 90.4 cm³/mol. The fourth-order valence-corrected chi connectivity index (χ4v) is 2.46. The van der Waals surface area contributed by atoms with Crippen LogP contribution >= 0.6 is 12.4 Å². The highest BCUT2D eigenvalue weighted by Crippen LogP contribution is 2.21. The molecule has 0 bridgehead atoms. The van der Waals surface area contributed by atoms with E-state index < -0.39 is 12.1 Å². The second-order valence-corrected chi connectivity index (χ2v) is 5.40. The molecular weight excluding hydrogens is 320 g/mol. The lowest BCUT2D eigenvalue weighted by Crippen LogP contribution is -2.37. The van der Waals surface area contributed by atoms with Gasteiger partial charge >= 0.3 is 6.03 Å². The molecule has 0 saturated carbocycles. The number of carbonyl (C=O) groups is 2. The zero-order valence-electron chi connectivity index (χ0n) is 13.0. The van der Waals surface area contributed by atoms with Crippen LogP contribution in [0.2, 0.25) is 0 Å². The van der Waals surface area contributed by atoms with E-state index in [9.17, 15) is 9.59 Å². The molecule has 23 heavy (non-hydrogen) atoms. The van der Waals surface area contributed by atoms with Crippen LogP contribution in [-0.4, -0.2) is 30.7 Å². The minimum Gasteiger partial charge on any atom is -0.364 e. The summed E-state index contributed by atoms with van der Waals surface area (Å²) in [6, 6.07) is 6.36. The van der Waals surface area contributed by atoms with Gasteiger partial charge in [-0.05, 0) is 37.5 Å². The Morgan fingerprint density at radius 3 is 2.48 bits per heavy atom. The third-order valence-electron chi connectivity index (χ3n) is 3.70. The van der Waals surface area contributed by atoms with Gasteiger partial charge in [0.15, 0.2) is 0 Å². The minimum absolute atomic E-state index is 0. The Bertz CT molecular complexity index is 538. The highest BCUT2D eigenvalue weighted by molar-refractivity contribution is 5.87. The summed E-state index contributed by atoms with van der Waals surface area (Å²) in [5.74, 6) is -0.122. The van der Waals surface area contributed by atoms with Crippen LogP contribution in [0.25, 0.3) is 0 Å². The highest BCUT2D eigenvalue weighted by atomic mass is 35.5. The van der Waals surface area contributed by atoms with Gasteiger partial charge in [-0.3, -0.25) is 4.79 Å². The summed E-state index contributed by atoms with van der Waals surface area (Å²) < 4.78 is 5.57. The van der Waals surface area contributed by atoms with Crippen LogP contribution in [0.4, 0.5) is 10.5 Å². The van der Waals surface area contributed by atoms with E-state index in [-0.39, 0.29) is 30.5 Å². The largest absolute Gasteiger partial charge is 0.364 e. The molecule has 3 atom stereocenters. The Balaban J connectivity index is 0.00000264. The Kier molecular flexibility index (Phi) is 7.28. The smallest absolute Gasteiger partial charge is 0.316 e. The van der Waals surface area contributed by atoms with Gasteiger partial charge in [0.05, 0.1) is 12.1 Å². The number of nitrogens with two attached hydrogens (primary N) is 2. The van der Waals surface area contributed by atoms with Crippen molar-refractivity contribution in [2.45, 2.75) is 38.0 Å². The number of primary amides is 1. The number of nitrogens with one attached hydrogen (secondary N) is 2. The van der Waals surface area contributed by atoms with Crippen LogP contribution in [0.3, 0.4) is 0 Å². The van der Waals surface area contributed by atoms with E-state index in [0.29, 0.717) is 18.7 Å². The van der Waals surface area contributed by atoms with Crippen LogP contribution < -0.4 is 22.1 Å². The molecule has 6 N–H and O–H groups in total. The molecule has 1 fully saturated rings. The molecule has 1 heterocycles. The number of hydrogen-bond acceptors (Lipinski definition) is 4. The summed E-state index contributed by atoms with van der Waals surface area (Å²) in [6.07, 6.45) is 1.07. The molecule has 0 radical (unpaired) electrons. The number of amides is 3. The molecule has 3 amide bonds. The van der Waals surface area contributed by atoms with Crippen LogP contribution in [-0.2, 0) is 9.53 Å². The summed E-state index contributed by atoms with van der Waals surface area (Å²) in [7, 11) is 0. The van der Waals surface area contributed by atoms with E-state index in [4.69, 9.17) is 16.2 Å². The molecule has 0 aromatic heterocycles. The van der Waals surface area contributed by atoms with Gasteiger partial charge in [0.25, 0.3) is 0 Å². The van der Waals surface area contributed by atoms with Crippen molar-refractivity contribution in [3.63, 3.8) is 0 Å². The maximum Gasteiger partial charge on any atom is 0.316 e. The number of urea groups is 1. The SMILES string of the molecule is CC(NC(=O)[C@@H]1CC[C@H](CN)O1)c1ccc(NC(N)=O)cc1.Cl. The number of benzene rings is 1. The fraction of sp³-hybridized carbons (Fsp3) is 0.467. The molecule has 1 aliphatic rings. The van der Waals surface area contributed by atoms with Crippen molar-refractivity contribution in [2.75, 3.05) is 11.9 Å². The first kappa shape index (κ1) is 19.2. The van der Waals surface area contributed by atoms with Crippen molar-refractivity contribution in [1.82, 2.24) is 5.32 Å². The molecule has 1 aromatic carbocycles. The third kappa shape index (κ3) is 5.38. The van der Waals surface area contributed by atoms with E-state index in [1.54, 1.807) is 12.1 Å². The van der Waals surface area contributed by atoms with Crippen molar-refractivity contribution < 1.29 is 14.3 Å². The van der Waals surface area contributed by atoms with Crippen molar-refractivity contribution >= 4 is 30.0 Å². The van der Waals surface area contributed by atoms with Crippen LogP contribution in [0.15, 0.2) is 24.3 Å². The zero-order valence-corrected chi connectivity index (χ0v) is 13.8. The van der Waals surface area contributed by atoms with Gasteiger partial charge in [-0.1, -0.05) is 12.1 Å². The Labute approximate surface area is 141 Å². The lowest BCUT2D eigenvalue weighted by Gasteiger charge is -2.18. The van der Waals surface area contributed by atoms with Gasteiger partial charge in [0.1, 0.15) is 6.10 Å². The van der Waals surface area contributed by atoms with Gasteiger partial charge in [0, 0.05) is 12.2 Å². The molecule has 0 aliphatic carbocycles. The topological polar surface area (TPSA) is 119 Å². The van der Waals surface area contributed by atoms with Crippen molar-refractivity contribution in [3.8, 4) is 0 Å². The van der Waals surface area contributed by atoms with Gasteiger partial charge in [-0.25, -0.2) is 4.79 Å². The summed E-state index contributed by atoms with van der Waals surface area (Å²) >= 11 is 0. The van der Waals surface area contributed by atoms with Gasteiger partial charge in [0.2, 0.25) is 5.91 Å². The standard InChI is InChI=1S/C15H22N4O3.ClH/c1-9(10-2-4-11(5-3-10)19-15(17)21)18-14(20)13-7-6-12(8-16)22-13;/h2-5,9,12-13H,6-8,16H2,1H3,(H,18,20)(H3,17,19,21);1H/t9?,12-,13+;/m1./s1. The van der Waals surface area contributed by atoms with Crippen molar-refractivity contribution in [2.24, 2.45) is 11.5 Å². The Morgan fingerprint density at radius 1 is 1.30 bits per heavy atom. The summed E-state index contributed by atoms with van der Waals surface area (Å²) in [5, 5.41) is 5.41. The number of carbonyl (C=O) groups excluding carboxylic acids is 2. The molecule has 1 saturated heterocycles. The zero-order chi connectivity index (χ0) is 16.1. The van der Waals surface area contributed by atoms with Crippen LogP contribution in [0, 0.1) is 0 Å². The van der Waals surface area contributed by atoms with E-state index in [1.807, 2.05) is 19.1 Å². The average Bonchev–Trinajstić information content (AvgIpc) is 2.96. The summed E-state index contributed by atoms with van der Waals surface area (Å²) in [4.78, 5) is 22.9. The van der Waals surface area contributed by atoms with Gasteiger partial charge < -0.3 is 26.8 Å². The molecule has 1 unspecified atom stereocenters. The van der Waals surface area contributed by atoms with Gasteiger partial charge in [-0.2, -0.15) is 0 Å². The van der Waals surface area contributed by atoms with Crippen molar-refractivity contribution in [3.05, 3.63) is 29.8 Å². The first-order chi connectivity index (χ1) is 10.5. The molecule has 1 aliphatic heterocycles. The number of rotatable bonds is 5. The molecule has 1 aromatic rings. The van der Waals surface area contributed by atoms with Crippen LogP contribution in [0.1, 0.15) is 31.4 Å². The Morgan fingerprint density at radius 2 is 1.96 bits per heavy atom. The third-order valence-corrected chi connectivity index (χ3v) is 3.70. The summed E-state index contributed by atoms with van der Waals surface area (Å²) in [6.45, 7) is 2.33. The molecule has 0 spiro atoms. The molecule has 8 heteroatoms. The number of hydrogen-bond donors (Lipinski definition) is 4. The van der Waals surface area contributed by atoms with Crippen LogP contribution in [0.5, 0.6) is 0 Å². The van der Waals surface area contributed by atoms with E-state index in [2.05, 4.69) is 10.6 Å². The maximum atomic E-state index is 12.2. The summed E-state index contributed by atoms with van der Waals surface area (Å²) in [5.41, 5.74) is 12.1. The quantitative estimate of drug-likeness (QED) is 0.644. The predicted octanol–water partition coefficient (Wildman–Crippen LogP) is 1.28. The molecule has 7 nitrogen and oxygen atoms in total. The van der Waals surface area contributed by atoms with E-state index in [1.165, 1.54) is 0 Å². The second kappa shape index (κ2) is 8.71. The molecule has 128 valence electrons. The number of ether oxygens (including phenoxy) is 1. The van der Waals surface area contributed by atoms with Gasteiger partial charge in [-0.15, -0.1) is 12.4 Å². The average molecular weight is 343 g/mol. The first-order valence-corrected chi connectivity index (χ1v) is 7.32. The van der Waals surface area contributed by atoms with E-state index in [0.717, 1.165) is 12.0 Å². The number of halogens is 1. The second-order valence-electron chi connectivity index (χ2n) is 5.40. The molecular formula is C15H23ClN4O3. The Hall–Kier alpha value is -1.83. The van der Waals surface area contributed by atoms with Crippen molar-refractivity contribution in [1.29, 1.82) is 0 Å². The lowest BCUT2D eigenvalue weighted by molar-refractivity contribution is -0.132.